The van der Waals surface area contributed by atoms with Gasteiger partial charge >= 0.3 is 11.9 Å². The number of carbonyl (C=O) groups is 2. The SMILES string of the molecule is CCCCCCCCC=CCCCCCCCCCCCCCC(=O)OCCCCCCCCCCCCCCCC(=O)O. The van der Waals surface area contributed by atoms with Crippen molar-refractivity contribution in [2.45, 2.75) is 225 Å². The van der Waals surface area contributed by atoms with E-state index in [1.807, 2.05) is 0 Å². The van der Waals surface area contributed by atoms with Crippen LogP contribution in [0, 0.1) is 0 Å². The summed E-state index contributed by atoms with van der Waals surface area (Å²) in [6, 6.07) is 0. The Kier molecular flexibility index (Phi) is 36.7. The highest BCUT2D eigenvalue weighted by Gasteiger charge is 2.03. The average molecular weight is 621 g/mol. The zero-order chi connectivity index (χ0) is 32.0. The van der Waals surface area contributed by atoms with Crippen LogP contribution in [0.2, 0.25) is 0 Å². The van der Waals surface area contributed by atoms with Gasteiger partial charge in [-0.2, -0.15) is 0 Å². The Bertz CT molecular complexity index is 614. The first kappa shape index (κ1) is 42.7. The van der Waals surface area contributed by atoms with Crippen molar-refractivity contribution >= 4 is 11.9 Å². The predicted molar refractivity (Wildman–Crippen MR) is 190 cm³/mol. The van der Waals surface area contributed by atoms with E-state index >= 15 is 0 Å². The number of carbonyl (C=O) groups excluding carboxylic acids is 1. The third-order valence-corrected chi connectivity index (χ3v) is 8.94. The van der Waals surface area contributed by atoms with Crippen molar-refractivity contribution in [3.8, 4) is 0 Å². The third-order valence-electron chi connectivity index (χ3n) is 8.94. The van der Waals surface area contributed by atoms with Crippen LogP contribution in [0.15, 0.2) is 12.2 Å². The van der Waals surface area contributed by atoms with E-state index in [9.17, 15) is 9.59 Å². The van der Waals surface area contributed by atoms with Gasteiger partial charge in [-0.15, -0.1) is 0 Å². The second-order valence-corrected chi connectivity index (χ2v) is 13.4. The second kappa shape index (κ2) is 37.9. The van der Waals surface area contributed by atoms with Crippen LogP contribution in [0.25, 0.3) is 0 Å². The molecular weight excluding hydrogens is 544 g/mol. The third kappa shape index (κ3) is 38.7. The first-order chi connectivity index (χ1) is 21.7. The van der Waals surface area contributed by atoms with Gasteiger partial charge in [0.25, 0.3) is 0 Å². The fourth-order valence-electron chi connectivity index (χ4n) is 5.98. The topological polar surface area (TPSA) is 63.6 Å². The normalized spacial score (nSPS) is 11.5. The summed E-state index contributed by atoms with van der Waals surface area (Å²) in [4.78, 5) is 22.4. The first-order valence-corrected chi connectivity index (χ1v) is 19.7. The molecule has 0 unspecified atom stereocenters. The summed E-state index contributed by atoms with van der Waals surface area (Å²) in [6.45, 7) is 2.88. The fourth-order valence-corrected chi connectivity index (χ4v) is 5.98. The number of carboxylic acid groups (broad SMARTS) is 1. The van der Waals surface area contributed by atoms with Crippen LogP contribution in [0.3, 0.4) is 0 Å². The maximum atomic E-state index is 12.0. The highest BCUT2D eigenvalue weighted by Crippen LogP contribution is 2.15. The van der Waals surface area contributed by atoms with Crippen LogP contribution in [-0.4, -0.2) is 23.7 Å². The number of aliphatic carboxylic acids is 1. The summed E-state index contributed by atoms with van der Waals surface area (Å²) in [6.07, 6.45) is 46.6. The molecule has 0 heterocycles. The lowest BCUT2D eigenvalue weighted by molar-refractivity contribution is -0.144. The predicted octanol–water partition coefficient (Wildman–Crippen LogP) is 13.5. The standard InChI is InChI=1S/C40H76O4/c1-2-3-4-5-6-7-8-9-10-11-12-13-14-15-16-19-22-25-28-31-34-37-40(43)44-38-35-32-29-26-23-20-17-18-21-24-27-30-33-36-39(41)42/h9-10H,2-8,11-38H2,1H3,(H,41,42). The maximum Gasteiger partial charge on any atom is 0.305 e. The highest BCUT2D eigenvalue weighted by molar-refractivity contribution is 5.69. The molecule has 260 valence electrons. The number of rotatable bonds is 37. The van der Waals surface area contributed by atoms with Crippen molar-refractivity contribution in [1.82, 2.24) is 0 Å². The molecule has 4 nitrogen and oxygen atoms in total. The molecule has 0 aromatic heterocycles. The van der Waals surface area contributed by atoms with E-state index < -0.39 is 5.97 Å². The monoisotopic (exact) mass is 621 g/mol. The summed E-state index contributed by atoms with van der Waals surface area (Å²) >= 11 is 0. The molecule has 0 spiro atoms. The molecule has 0 aliphatic heterocycles. The van der Waals surface area contributed by atoms with Gasteiger partial charge in [-0.05, 0) is 44.9 Å². The molecule has 44 heavy (non-hydrogen) atoms. The maximum absolute atomic E-state index is 12.0. The molecule has 0 aliphatic rings. The molecule has 4 heteroatoms. The Morgan fingerprint density at radius 3 is 1.14 bits per heavy atom. The van der Waals surface area contributed by atoms with Crippen LogP contribution in [0.1, 0.15) is 225 Å². The minimum atomic E-state index is -0.670. The van der Waals surface area contributed by atoms with Gasteiger partial charge in [-0.3, -0.25) is 9.59 Å². The van der Waals surface area contributed by atoms with Gasteiger partial charge in [0, 0.05) is 12.8 Å². The van der Waals surface area contributed by atoms with E-state index in [2.05, 4.69) is 19.1 Å². The minimum absolute atomic E-state index is 0.000167. The van der Waals surface area contributed by atoms with E-state index in [1.165, 1.54) is 173 Å². The van der Waals surface area contributed by atoms with Crippen molar-refractivity contribution in [2.75, 3.05) is 6.61 Å². The molecular formula is C40H76O4. The summed E-state index contributed by atoms with van der Waals surface area (Å²) in [5.41, 5.74) is 0. The van der Waals surface area contributed by atoms with Gasteiger partial charge in [0.15, 0.2) is 0 Å². The molecule has 0 radical (unpaired) electrons. The van der Waals surface area contributed by atoms with Gasteiger partial charge < -0.3 is 9.84 Å². The first-order valence-electron chi connectivity index (χ1n) is 19.7. The molecule has 0 rings (SSSR count). The van der Waals surface area contributed by atoms with Gasteiger partial charge in [0.05, 0.1) is 6.61 Å². The largest absolute Gasteiger partial charge is 0.481 e. The second-order valence-electron chi connectivity index (χ2n) is 13.4. The van der Waals surface area contributed by atoms with Crippen LogP contribution >= 0.6 is 0 Å². The number of esters is 1. The van der Waals surface area contributed by atoms with Crippen molar-refractivity contribution < 1.29 is 19.4 Å². The summed E-state index contributed by atoms with van der Waals surface area (Å²) in [7, 11) is 0. The van der Waals surface area contributed by atoms with Crippen molar-refractivity contribution in [1.29, 1.82) is 0 Å². The van der Waals surface area contributed by atoms with E-state index in [0.717, 1.165) is 32.1 Å². The molecule has 0 saturated heterocycles. The van der Waals surface area contributed by atoms with Crippen molar-refractivity contribution in [2.24, 2.45) is 0 Å². The van der Waals surface area contributed by atoms with Gasteiger partial charge in [0.2, 0.25) is 0 Å². The zero-order valence-electron chi connectivity index (χ0n) is 29.6. The van der Waals surface area contributed by atoms with Crippen LogP contribution in [0.5, 0.6) is 0 Å². The van der Waals surface area contributed by atoms with E-state index in [0.29, 0.717) is 19.4 Å². The number of hydrogen-bond donors (Lipinski definition) is 1. The fraction of sp³-hybridized carbons (Fsp3) is 0.900. The van der Waals surface area contributed by atoms with Crippen molar-refractivity contribution in [3.05, 3.63) is 12.2 Å². The Morgan fingerprint density at radius 2 is 0.750 bits per heavy atom. The number of carboxylic acids is 1. The lowest BCUT2D eigenvalue weighted by Gasteiger charge is -2.06. The van der Waals surface area contributed by atoms with E-state index in [1.54, 1.807) is 0 Å². The summed E-state index contributed by atoms with van der Waals surface area (Å²) < 4.78 is 5.43. The summed E-state index contributed by atoms with van der Waals surface area (Å²) in [5, 5.41) is 8.63. The van der Waals surface area contributed by atoms with Crippen molar-refractivity contribution in [3.63, 3.8) is 0 Å². The van der Waals surface area contributed by atoms with Gasteiger partial charge in [-0.25, -0.2) is 0 Å². The smallest absolute Gasteiger partial charge is 0.305 e. The lowest BCUT2D eigenvalue weighted by Crippen LogP contribution is -2.05. The molecule has 0 aromatic rings. The van der Waals surface area contributed by atoms with Gasteiger partial charge in [-0.1, -0.05) is 180 Å². The molecule has 0 saturated carbocycles. The molecule has 1 N–H and O–H groups in total. The Balaban J connectivity index is 3.18. The lowest BCUT2D eigenvalue weighted by atomic mass is 10.0. The Labute approximate surface area is 275 Å². The number of unbranched alkanes of at least 4 members (excludes halogenated alkanes) is 29. The molecule has 0 fully saturated rings. The number of ether oxygens (including phenoxy) is 1. The molecule has 0 atom stereocenters. The average Bonchev–Trinajstić information content (AvgIpc) is 3.01. The Hall–Kier alpha value is -1.32. The molecule has 0 amide bonds. The van der Waals surface area contributed by atoms with Gasteiger partial charge in [0.1, 0.15) is 0 Å². The molecule has 0 aromatic carbocycles. The van der Waals surface area contributed by atoms with E-state index in [-0.39, 0.29) is 5.97 Å². The van der Waals surface area contributed by atoms with Crippen LogP contribution in [-0.2, 0) is 14.3 Å². The quantitative estimate of drug-likeness (QED) is 0.0426. The molecule has 0 aliphatic carbocycles. The number of allylic oxidation sites excluding steroid dienone is 2. The minimum Gasteiger partial charge on any atom is -0.481 e. The molecule has 0 bridgehead atoms. The zero-order valence-corrected chi connectivity index (χ0v) is 29.6. The van der Waals surface area contributed by atoms with Crippen LogP contribution in [0.4, 0.5) is 0 Å². The number of hydrogen-bond acceptors (Lipinski definition) is 3. The Morgan fingerprint density at radius 1 is 0.432 bits per heavy atom. The van der Waals surface area contributed by atoms with E-state index in [4.69, 9.17) is 9.84 Å². The van der Waals surface area contributed by atoms with Crippen LogP contribution < -0.4 is 0 Å². The summed E-state index contributed by atoms with van der Waals surface area (Å²) in [5.74, 6) is -0.670. The highest BCUT2D eigenvalue weighted by atomic mass is 16.5.